The van der Waals surface area contributed by atoms with Crippen LogP contribution in [-0.4, -0.2) is 19.3 Å². The van der Waals surface area contributed by atoms with Crippen LogP contribution in [0, 0.1) is 18.3 Å². The fourth-order valence-electron chi connectivity index (χ4n) is 3.06. The van der Waals surface area contributed by atoms with Crippen molar-refractivity contribution in [3.8, 4) is 11.8 Å². The maximum absolute atomic E-state index is 13.1. The third-order valence-corrected chi connectivity index (χ3v) is 4.50. The Balaban J connectivity index is 2.31. The fourth-order valence-corrected chi connectivity index (χ4v) is 3.26. The minimum Gasteiger partial charge on any atom is -0.274 e. The molecule has 0 spiro atoms. The van der Waals surface area contributed by atoms with Gasteiger partial charge in [0.05, 0.1) is 27.5 Å². The lowest BCUT2D eigenvalue weighted by atomic mass is 10.1. The van der Waals surface area contributed by atoms with Crippen molar-refractivity contribution < 1.29 is 0 Å². The normalized spacial score (nSPS) is 11.1. The van der Waals surface area contributed by atoms with Crippen LogP contribution >= 0.6 is 11.6 Å². The molecule has 4 rings (SSSR count). The van der Waals surface area contributed by atoms with Crippen LogP contribution in [0.1, 0.15) is 11.3 Å². The van der Waals surface area contributed by atoms with Crippen molar-refractivity contribution in [2.75, 3.05) is 0 Å². The molecule has 0 unspecified atom stereocenters. The Morgan fingerprint density at radius 3 is 2.80 bits per heavy atom. The number of nitrogens with zero attached hydrogens (tertiary/aromatic N) is 5. The van der Waals surface area contributed by atoms with E-state index in [-0.39, 0.29) is 5.56 Å². The van der Waals surface area contributed by atoms with Gasteiger partial charge in [-0.3, -0.25) is 19.0 Å². The lowest BCUT2D eigenvalue weighted by Crippen LogP contribution is -2.20. The van der Waals surface area contributed by atoms with Crippen molar-refractivity contribution in [1.29, 1.82) is 5.26 Å². The van der Waals surface area contributed by atoms with Crippen molar-refractivity contribution in [2.24, 2.45) is 7.05 Å². The molecule has 7 heteroatoms. The highest BCUT2D eigenvalue weighted by Crippen LogP contribution is 2.29. The summed E-state index contributed by atoms with van der Waals surface area (Å²) in [6.45, 7) is 1.83. The molecule has 0 saturated carbocycles. The van der Waals surface area contributed by atoms with Gasteiger partial charge in [-0.1, -0.05) is 11.6 Å². The van der Waals surface area contributed by atoms with E-state index in [1.54, 1.807) is 46.9 Å². The van der Waals surface area contributed by atoms with Gasteiger partial charge >= 0.3 is 0 Å². The van der Waals surface area contributed by atoms with Gasteiger partial charge in [0.15, 0.2) is 5.52 Å². The van der Waals surface area contributed by atoms with E-state index in [9.17, 15) is 10.1 Å². The van der Waals surface area contributed by atoms with E-state index in [2.05, 4.69) is 16.2 Å². The molecule has 0 radical (unpaired) electrons. The van der Waals surface area contributed by atoms with Gasteiger partial charge < -0.3 is 0 Å². The molecule has 1 aromatic carbocycles. The van der Waals surface area contributed by atoms with Crippen molar-refractivity contribution in [3.63, 3.8) is 0 Å². The Morgan fingerprint density at radius 2 is 2.08 bits per heavy atom. The molecule has 0 aliphatic carbocycles. The predicted octanol–water partition coefficient (Wildman–Crippen LogP) is 3.11. The molecule has 25 heavy (non-hydrogen) atoms. The highest BCUT2D eigenvalue weighted by atomic mass is 35.5. The largest absolute Gasteiger partial charge is 0.284 e. The summed E-state index contributed by atoms with van der Waals surface area (Å²) in [4.78, 5) is 17.4. The van der Waals surface area contributed by atoms with Gasteiger partial charge in [-0.25, -0.2) is 0 Å². The first-order valence-electron chi connectivity index (χ1n) is 7.55. The zero-order chi connectivity index (χ0) is 17.7. The van der Waals surface area contributed by atoms with Gasteiger partial charge in [0.25, 0.3) is 5.56 Å². The van der Waals surface area contributed by atoms with Crippen LogP contribution in [0.5, 0.6) is 0 Å². The zero-order valence-corrected chi connectivity index (χ0v) is 14.2. The smallest absolute Gasteiger partial charge is 0.274 e. The van der Waals surface area contributed by atoms with Gasteiger partial charge in [-0.15, -0.1) is 0 Å². The number of halogens is 1. The van der Waals surface area contributed by atoms with E-state index in [0.29, 0.717) is 38.4 Å². The van der Waals surface area contributed by atoms with Gasteiger partial charge in [-0.2, -0.15) is 10.4 Å². The zero-order valence-electron chi connectivity index (χ0n) is 13.5. The Morgan fingerprint density at radius 1 is 1.28 bits per heavy atom. The molecule has 0 amide bonds. The quantitative estimate of drug-likeness (QED) is 0.529. The van der Waals surface area contributed by atoms with Crippen molar-refractivity contribution in [2.45, 2.75) is 6.92 Å². The molecule has 3 aromatic heterocycles. The summed E-state index contributed by atoms with van der Waals surface area (Å²) in [5.74, 6) is 0. The molecule has 0 N–H and O–H groups in total. The maximum Gasteiger partial charge on any atom is 0.284 e. The number of hydrogen-bond acceptors (Lipinski definition) is 4. The van der Waals surface area contributed by atoms with Crippen molar-refractivity contribution in [3.05, 3.63) is 63.3 Å². The molecule has 3 heterocycles. The number of nitriles is 1. The van der Waals surface area contributed by atoms with Crippen LogP contribution in [0.2, 0.25) is 5.02 Å². The Kier molecular flexibility index (Phi) is 3.34. The Hall–Kier alpha value is -3.17. The van der Waals surface area contributed by atoms with Crippen LogP contribution in [-0.2, 0) is 7.05 Å². The monoisotopic (exact) mass is 349 g/mol. The van der Waals surface area contributed by atoms with Gasteiger partial charge in [0, 0.05) is 30.2 Å². The lowest BCUT2D eigenvalue weighted by Gasteiger charge is -2.13. The van der Waals surface area contributed by atoms with Gasteiger partial charge in [0.1, 0.15) is 6.07 Å². The molecule has 0 atom stereocenters. The van der Waals surface area contributed by atoms with E-state index < -0.39 is 0 Å². The van der Waals surface area contributed by atoms with E-state index in [0.717, 1.165) is 5.39 Å². The fraction of sp³-hybridized carbons (Fsp3) is 0.111. The average Bonchev–Trinajstić information content (AvgIpc) is 2.98. The SMILES string of the molecule is Cc1ncccc1-n1c(=O)c2nn(C)cc2c2cc(C#N)c(Cl)cc21. The number of rotatable bonds is 1. The summed E-state index contributed by atoms with van der Waals surface area (Å²) >= 11 is 6.24. The predicted molar refractivity (Wildman–Crippen MR) is 96.1 cm³/mol. The molecular weight excluding hydrogens is 338 g/mol. The number of pyridine rings is 2. The summed E-state index contributed by atoms with van der Waals surface area (Å²) in [7, 11) is 1.76. The van der Waals surface area contributed by atoms with Gasteiger partial charge in [-0.05, 0) is 31.2 Å². The summed E-state index contributed by atoms with van der Waals surface area (Å²) < 4.78 is 3.15. The average molecular weight is 350 g/mol. The highest BCUT2D eigenvalue weighted by Gasteiger charge is 2.18. The molecule has 122 valence electrons. The van der Waals surface area contributed by atoms with Crippen molar-refractivity contribution in [1.82, 2.24) is 19.3 Å². The standard InChI is InChI=1S/C18H12ClN5O/c1-10-15(4-3-5-21-10)24-16-7-14(19)11(8-20)6-12(16)13-9-23(2)22-17(13)18(24)25/h3-7,9H,1-2H3. The molecule has 0 aliphatic rings. The Bertz CT molecular complexity index is 1260. The van der Waals surface area contributed by atoms with Crippen LogP contribution in [0.4, 0.5) is 0 Å². The third-order valence-electron chi connectivity index (χ3n) is 4.19. The molecule has 0 bridgehead atoms. The minimum atomic E-state index is -0.250. The van der Waals surface area contributed by atoms with E-state index in [1.165, 1.54) is 0 Å². The second-order valence-corrected chi connectivity index (χ2v) is 6.18. The number of benzene rings is 1. The van der Waals surface area contributed by atoms with E-state index in [1.807, 2.05) is 13.0 Å². The van der Waals surface area contributed by atoms with Crippen LogP contribution < -0.4 is 5.56 Å². The van der Waals surface area contributed by atoms with E-state index >= 15 is 0 Å². The number of fused-ring (bicyclic) bond motifs is 3. The third kappa shape index (κ3) is 2.21. The minimum absolute atomic E-state index is 0.250. The number of hydrogen-bond donors (Lipinski definition) is 0. The summed E-state index contributed by atoms with van der Waals surface area (Å²) in [6.07, 6.45) is 3.45. The summed E-state index contributed by atoms with van der Waals surface area (Å²) in [6, 6.07) is 9.03. The first kappa shape index (κ1) is 15.4. The summed E-state index contributed by atoms with van der Waals surface area (Å²) in [5.41, 5.74) is 2.43. The lowest BCUT2D eigenvalue weighted by molar-refractivity contribution is 0.777. The molecule has 0 saturated heterocycles. The number of aryl methyl sites for hydroxylation is 2. The topological polar surface area (TPSA) is 76.5 Å². The van der Waals surface area contributed by atoms with E-state index in [4.69, 9.17) is 11.6 Å². The molecule has 0 aliphatic heterocycles. The van der Waals surface area contributed by atoms with Crippen LogP contribution in [0.3, 0.4) is 0 Å². The Labute approximate surface area is 147 Å². The maximum atomic E-state index is 13.1. The number of aromatic nitrogens is 4. The van der Waals surface area contributed by atoms with Crippen LogP contribution in [0.15, 0.2) is 41.5 Å². The first-order valence-corrected chi connectivity index (χ1v) is 7.93. The van der Waals surface area contributed by atoms with Gasteiger partial charge in [0.2, 0.25) is 0 Å². The molecular formula is C18H12ClN5O. The second-order valence-electron chi connectivity index (χ2n) is 5.77. The molecule has 0 fully saturated rings. The molecule has 6 nitrogen and oxygen atoms in total. The first-order chi connectivity index (χ1) is 12.0. The van der Waals surface area contributed by atoms with Crippen LogP contribution in [0.25, 0.3) is 27.5 Å². The molecule has 4 aromatic rings. The highest BCUT2D eigenvalue weighted by molar-refractivity contribution is 6.32. The van der Waals surface area contributed by atoms with Crippen molar-refractivity contribution >= 4 is 33.4 Å². The second kappa shape index (κ2) is 5.43. The summed E-state index contributed by atoms with van der Waals surface area (Å²) in [5, 5.41) is 15.3.